The van der Waals surface area contributed by atoms with Gasteiger partial charge in [0.05, 0.1) is 6.26 Å². The van der Waals surface area contributed by atoms with Gasteiger partial charge in [-0.1, -0.05) is 18.2 Å². The summed E-state index contributed by atoms with van der Waals surface area (Å²) in [6.45, 7) is 0. The molecule has 76 valence electrons. The van der Waals surface area contributed by atoms with Crippen molar-refractivity contribution < 1.29 is 13.6 Å². The molecule has 14 heavy (non-hydrogen) atoms. The van der Waals surface area contributed by atoms with E-state index in [-0.39, 0.29) is 0 Å². The van der Waals surface area contributed by atoms with Gasteiger partial charge in [-0.2, -0.15) is 0 Å². The van der Waals surface area contributed by atoms with Crippen molar-refractivity contribution >= 4 is 9.28 Å². The minimum Gasteiger partial charge on any atom is -0.466 e. The van der Waals surface area contributed by atoms with Gasteiger partial charge >= 0.3 is 9.28 Å². The van der Waals surface area contributed by atoms with Crippen molar-refractivity contribution in [3.63, 3.8) is 0 Å². The maximum Gasteiger partial charge on any atom is 0.350 e. The van der Waals surface area contributed by atoms with Crippen molar-refractivity contribution in [1.29, 1.82) is 0 Å². The van der Waals surface area contributed by atoms with Crippen LogP contribution in [-0.2, 0) is 8.85 Å². The molecule has 0 amide bonds. The number of benzene rings is 1. The Hall–Kier alpha value is -1.10. The maximum atomic E-state index is 5.33. The first kappa shape index (κ1) is 11.0. The minimum absolute atomic E-state index is 0.809. The van der Waals surface area contributed by atoms with Crippen LogP contribution in [0.25, 0.3) is 0 Å². The largest absolute Gasteiger partial charge is 0.466 e. The summed E-state index contributed by atoms with van der Waals surface area (Å²) in [7, 11) is 1.63. The summed E-state index contributed by atoms with van der Waals surface area (Å²) < 4.78 is 15.5. The highest BCUT2D eigenvalue weighted by Gasteiger charge is 2.02. The number of ether oxygens (including phenoxy) is 1. The summed E-state index contributed by atoms with van der Waals surface area (Å²) >= 11 is 0. The van der Waals surface area contributed by atoms with Crippen LogP contribution in [0.5, 0.6) is 5.75 Å². The van der Waals surface area contributed by atoms with Gasteiger partial charge < -0.3 is 13.6 Å². The highest BCUT2D eigenvalue weighted by Crippen LogP contribution is 2.08. The van der Waals surface area contributed by atoms with Gasteiger partial charge in [0.1, 0.15) is 5.75 Å². The average molecular weight is 210 g/mol. The smallest absolute Gasteiger partial charge is 0.350 e. The predicted molar refractivity (Wildman–Crippen MR) is 57.4 cm³/mol. The van der Waals surface area contributed by atoms with Gasteiger partial charge in [0.2, 0.25) is 0 Å². The van der Waals surface area contributed by atoms with E-state index in [0.29, 0.717) is 0 Å². The summed E-state index contributed by atoms with van der Waals surface area (Å²) in [5.74, 6) is 0.809. The molecular formula is C10H14O3Si. The Morgan fingerprint density at radius 1 is 1.07 bits per heavy atom. The third-order valence-electron chi connectivity index (χ3n) is 1.65. The van der Waals surface area contributed by atoms with Crippen LogP contribution in [-0.4, -0.2) is 23.5 Å². The minimum atomic E-state index is -1.64. The SMILES string of the molecule is CO[SiH](C=COc1ccccc1)OC. The van der Waals surface area contributed by atoms with E-state index < -0.39 is 9.28 Å². The molecule has 0 bridgehead atoms. The fourth-order valence-corrected chi connectivity index (χ4v) is 1.65. The van der Waals surface area contributed by atoms with Crippen LogP contribution in [0.3, 0.4) is 0 Å². The van der Waals surface area contributed by atoms with E-state index >= 15 is 0 Å². The van der Waals surface area contributed by atoms with Gasteiger partial charge in [-0.3, -0.25) is 0 Å². The molecule has 0 aliphatic carbocycles. The molecule has 0 aliphatic heterocycles. The Balaban J connectivity index is 2.40. The third-order valence-corrected chi connectivity index (χ3v) is 3.05. The van der Waals surface area contributed by atoms with Crippen LogP contribution >= 0.6 is 0 Å². The topological polar surface area (TPSA) is 27.7 Å². The molecule has 0 unspecified atom stereocenters. The van der Waals surface area contributed by atoms with Crippen molar-refractivity contribution in [3.8, 4) is 5.75 Å². The first-order chi connectivity index (χ1) is 6.86. The zero-order chi connectivity index (χ0) is 10.2. The lowest BCUT2D eigenvalue weighted by Crippen LogP contribution is -2.15. The Kier molecular flexibility index (Phi) is 4.99. The highest BCUT2D eigenvalue weighted by molar-refractivity contribution is 6.50. The second-order valence-corrected chi connectivity index (χ2v) is 4.66. The van der Waals surface area contributed by atoms with E-state index in [1.54, 1.807) is 20.5 Å². The molecule has 1 rings (SSSR count). The average Bonchev–Trinajstić information content (AvgIpc) is 2.26. The van der Waals surface area contributed by atoms with Gasteiger partial charge in [-0.15, -0.1) is 0 Å². The molecule has 0 aliphatic rings. The molecule has 0 heterocycles. The molecule has 0 spiro atoms. The quantitative estimate of drug-likeness (QED) is 0.546. The van der Waals surface area contributed by atoms with Gasteiger partial charge in [0.15, 0.2) is 0 Å². The van der Waals surface area contributed by atoms with Gasteiger partial charge in [0, 0.05) is 14.2 Å². The molecular weight excluding hydrogens is 196 g/mol. The van der Waals surface area contributed by atoms with E-state index in [0.717, 1.165) is 5.75 Å². The Bertz CT molecular complexity index is 270. The summed E-state index contributed by atoms with van der Waals surface area (Å²) in [6, 6.07) is 9.56. The Morgan fingerprint density at radius 2 is 1.71 bits per heavy atom. The first-order valence-electron chi connectivity index (χ1n) is 4.31. The standard InChI is InChI=1S/C10H14O3Si/c1-11-14(12-2)9-8-13-10-6-4-3-5-7-10/h3-9,14H,1-2H3. The highest BCUT2D eigenvalue weighted by atomic mass is 28.3. The van der Waals surface area contributed by atoms with Crippen LogP contribution in [0.15, 0.2) is 42.3 Å². The molecule has 0 radical (unpaired) electrons. The van der Waals surface area contributed by atoms with Crippen LogP contribution < -0.4 is 4.74 Å². The third kappa shape index (κ3) is 3.74. The molecule has 0 N–H and O–H groups in total. The molecule has 1 aromatic rings. The van der Waals surface area contributed by atoms with Crippen molar-refractivity contribution in [2.45, 2.75) is 0 Å². The van der Waals surface area contributed by atoms with Crippen LogP contribution in [0, 0.1) is 0 Å². The van der Waals surface area contributed by atoms with E-state index in [9.17, 15) is 0 Å². The fraction of sp³-hybridized carbons (Fsp3) is 0.200. The second-order valence-electron chi connectivity index (χ2n) is 2.60. The zero-order valence-electron chi connectivity index (χ0n) is 8.34. The number of hydrogen-bond donors (Lipinski definition) is 0. The number of hydrogen-bond acceptors (Lipinski definition) is 3. The molecule has 1 aromatic carbocycles. The van der Waals surface area contributed by atoms with Gasteiger partial charge in [0.25, 0.3) is 0 Å². The normalized spacial score (nSPS) is 11.1. The Morgan fingerprint density at radius 3 is 2.29 bits per heavy atom. The molecule has 0 atom stereocenters. The fourth-order valence-electron chi connectivity index (χ4n) is 0.934. The Labute approximate surface area is 85.8 Å². The van der Waals surface area contributed by atoms with E-state index in [4.69, 9.17) is 13.6 Å². The lowest BCUT2D eigenvalue weighted by atomic mass is 10.3. The molecule has 0 fully saturated rings. The van der Waals surface area contributed by atoms with Crippen molar-refractivity contribution in [2.75, 3.05) is 14.2 Å². The summed E-state index contributed by atoms with van der Waals surface area (Å²) in [5, 5.41) is 0. The predicted octanol–water partition coefficient (Wildman–Crippen LogP) is 1.63. The van der Waals surface area contributed by atoms with Crippen molar-refractivity contribution in [2.24, 2.45) is 0 Å². The van der Waals surface area contributed by atoms with E-state index in [1.165, 1.54) is 0 Å². The zero-order valence-corrected chi connectivity index (χ0v) is 9.50. The lowest BCUT2D eigenvalue weighted by Gasteiger charge is -2.04. The van der Waals surface area contributed by atoms with E-state index in [2.05, 4.69) is 0 Å². The summed E-state index contributed by atoms with van der Waals surface area (Å²) in [4.78, 5) is 0. The van der Waals surface area contributed by atoms with Gasteiger partial charge in [-0.25, -0.2) is 0 Å². The first-order valence-corrected chi connectivity index (χ1v) is 5.91. The monoisotopic (exact) mass is 210 g/mol. The summed E-state index contributed by atoms with van der Waals surface area (Å²) in [5.41, 5.74) is 1.83. The summed E-state index contributed by atoms with van der Waals surface area (Å²) in [6.07, 6.45) is 1.61. The van der Waals surface area contributed by atoms with Gasteiger partial charge in [-0.05, 0) is 17.8 Å². The molecule has 0 aromatic heterocycles. The lowest BCUT2D eigenvalue weighted by molar-refractivity contribution is 0.289. The van der Waals surface area contributed by atoms with Crippen LogP contribution in [0.1, 0.15) is 0 Å². The van der Waals surface area contributed by atoms with Crippen LogP contribution in [0.2, 0.25) is 0 Å². The van der Waals surface area contributed by atoms with Crippen molar-refractivity contribution in [3.05, 3.63) is 42.3 Å². The number of para-hydroxylation sites is 1. The molecule has 3 nitrogen and oxygen atoms in total. The second kappa shape index (κ2) is 6.37. The van der Waals surface area contributed by atoms with Crippen LogP contribution in [0.4, 0.5) is 0 Å². The molecule has 4 heteroatoms. The van der Waals surface area contributed by atoms with E-state index in [1.807, 2.05) is 36.0 Å². The molecule has 0 saturated carbocycles. The maximum absolute atomic E-state index is 5.33. The molecule has 0 saturated heterocycles. The number of rotatable bonds is 5. The van der Waals surface area contributed by atoms with Crippen molar-refractivity contribution in [1.82, 2.24) is 0 Å².